The number of hydrogen-bond acceptors (Lipinski definition) is 10. The molecule has 6 N–H and O–H groups in total. The molecule has 0 amide bonds. The third-order valence-electron chi connectivity index (χ3n) is 6.00. The van der Waals surface area contributed by atoms with Crippen LogP contribution in [-0.4, -0.2) is 61.0 Å². The maximum Gasteiger partial charge on any atom is 0.459 e. The van der Waals surface area contributed by atoms with Crippen molar-refractivity contribution in [3.05, 3.63) is 65.2 Å². The lowest BCUT2D eigenvalue weighted by Crippen LogP contribution is -2.50. The summed E-state index contributed by atoms with van der Waals surface area (Å²) >= 11 is 0. The third kappa shape index (κ3) is 5.27. The summed E-state index contributed by atoms with van der Waals surface area (Å²) in [6.45, 7) is 0.890. The Hall–Kier alpha value is -3.39. The fourth-order valence-electron chi connectivity index (χ4n) is 3.96. The summed E-state index contributed by atoms with van der Waals surface area (Å²) in [6.07, 6.45) is -3.00. The number of nitrogen functional groups attached to an aromatic ring is 1. The van der Waals surface area contributed by atoms with Gasteiger partial charge in [0.2, 0.25) is 0 Å². The molecule has 204 valence electrons. The Morgan fingerprint density at radius 2 is 2.00 bits per heavy atom. The van der Waals surface area contributed by atoms with E-state index in [0.717, 1.165) is 24.6 Å². The zero-order valence-corrected chi connectivity index (χ0v) is 21.1. The number of nitrogens with one attached hydrogen (secondary N) is 1. The number of halogens is 1. The van der Waals surface area contributed by atoms with E-state index >= 15 is 4.39 Å². The van der Waals surface area contributed by atoms with Crippen LogP contribution in [0.1, 0.15) is 20.1 Å². The number of alkyl halides is 1. The Balaban J connectivity index is 1.64. The van der Waals surface area contributed by atoms with Crippen molar-refractivity contribution in [1.29, 1.82) is 0 Å². The number of nitrogens with zero attached hydrogens (tertiary/aromatic N) is 2. The van der Waals surface area contributed by atoms with Crippen molar-refractivity contribution < 1.29 is 42.9 Å². The van der Waals surface area contributed by atoms with Gasteiger partial charge in [0.05, 0.1) is 0 Å². The summed E-state index contributed by atoms with van der Waals surface area (Å²) in [7, 11) is -4.67. The minimum absolute atomic E-state index is 0.0432. The van der Waals surface area contributed by atoms with E-state index in [2.05, 4.69) is 10.1 Å². The first-order chi connectivity index (χ1) is 17.8. The number of nitrogens with two attached hydrogens (primary N) is 1. The second-order valence-corrected chi connectivity index (χ2v) is 10.6. The molecule has 6 atom stereocenters. The second kappa shape index (κ2) is 10.1. The van der Waals surface area contributed by atoms with Crippen molar-refractivity contribution in [2.24, 2.45) is 0 Å². The Bertz CT molecular complexity index is 1460. The molecule has 0 radical (unpaired) electrons. The molecule has 1 aliphatic heterocycles. The van der Waals surface area contributed by atoms with Crippen molar-refractivity contribution >= 4 is 30.3 Å². The summed E-state index contributed by atoms with van der Waals surface area (Å²) < 4.78 is 46.4. The van der Waals surface area contributed by atoms with Gasteiger partial charge in [0.1, 0.15) is 35.9 Å². The molecule has 1 unspecified atom stereocenters. The summed E-state index contributed by atoms with van der Waals surface area (Å²) in [5, 5.41) is 34.2. The first kappa shape index (κ1) is 27.6. The number of hydrogen-bond donors (Lipinski definition) is 5. The molecule has 0 aliphatic carbocycles. The predicted molar refractivity (Wildman–Crippen MR) is 132 cm³/mol. The standard InChI is InChI=1S/C23H26FN4O9P/c1-13(18(29)30)27-38(34,37-16-9-5-7-14-6-3-4-8-15(14)16)35-12-23(24)19(31)22(2,33)20(36-23)28-11-10-17(25)26-21(28)32/h3-11,13,19-20,31,33H,12H2,1-2H3,(H,27,34)(H,29,30)(H2,25,26,32)/t13?,19-,20+,22+,23+,38-/m0/s1. The van der Waals surface area contributed by atoms with Crippen LogP contribution in [0.3, 0.4) is 0 Å². The number of fused-ring (bicyclic) bond motifs is 1. The quantitative estimate of drug-likeness (QED) is 0.241. The van der Waals surface area contributed by atoms with E-state index in [1.165, 1.54) is 12.1 Å². The van der Waals surface area contributed by atoms with Crippen LogP contribution < -0.4 is 21.0 Å². The SMILES string of the molecule is CC(N[P@](=O)(OC[C@@]1(F)O[C@@H](n2ccc(N)nc2=O)[C@](C)(O)[C@@H]1O)Oc1cccc2ccccc12)C(=O)O. The fourth-order valence-corrected chi connectivity index (χ4v) is 5.49. The van der Waals surface area contributed by atoms with Gasteiger partial charge in [-0.05, 0) is 31.4 Å². The zero-order chi connectivity index (χ0) is 27.9. The van der Waals surface area contributed by atoms with Gasteiger partial charge in [-0.25, -0.2) is 13.8 Å². The second-order valence-electron chi connectivity index (χ2n) is 8.96. The van der Waals surface area contributed by atoms with Crippen LogP contribution in [-0.2, 0) is 18.6 Å². The number of aromatic nitrogens is 2. The van der Waals surface area contributed by atoms with Gasteiger partial charge >= 0.3 is 19.4 Å². The van der Waals surface area contributed by atoms with Gasteiger partial charge in [-0.3, -0.25) is 13.9 Å². The van der Waals surface area contributed by atoms with E-state index in [4.69, 9.17) is 19.5 Å². The number of aliphatic hydroxyl groups excluding tert-OH is 1. The molecule has 4 rings (SSSR count). The normalized spacial score (nSPS) is 27.6. The average Bonchev–Trinajstić information content (AvgIpc) is 3.03. The topological polar surface area (TPSA) is 195 Å². The van der Waals surface area contributed by atoms with Crippen molar-refractivity contribution in [1.82, 2.24) is 14.6 Å². The Kier molecular flexibility index (Phi) is 7.32. The predicted octanol–water partition coefficient (Wildman–Crippen LogP) is 1.55. The highest BCUT2D eigenvalue weighted by atomic mass is 31.2. The Labute approximate surface area is 215 Å². The molecule has 0 bridgehead atoms. The highest BCUT2D eigenvalue weighted by Gasteiger charge is 2.64. The minimum Gasteiger partial charge on any atom is -0.480 e. The molecular formula is C23H26FN4O9P. The molecule has 1 aliphatic rings. The van der Waals surface area contributed by atoms with Crippen LogP contribution in [0.5, 0.6) is 5.75 Å². The first-order valence-electron chi connectivity index (χ1n) is 11.3. The highest BCUT2D eigenvalue weighted by Crippen LogP contribution is 2.51. The van der Waals surface area contributed by atoms with Gasteiger partial charge < -0.3 is 30.3 Å². The molecular weight excluding hydrogens is 526 g/mol. The monoisotopic (exact) mass is 552 g/mol. The Morgan fingerprint density at radius 3 is 2.68 bits per heavy atom. The largest absolute Gasteiger partial charge is 0.480 e. The maximum atomic E-state index is 15.9. The number of benzene rings is 2. The summed E-state index contributed by atoms with van der Waals surface area (Å²) in [4.78, 5) is 27.2. The lowest BCUT2D eigenvalue weighted by atomic mass is 9.95. The third-order valence-corrected chi connectivity index (χ3v) is 7.60. The molecule has 13 nitrogen and oxygen atoms in total. The van der Waals surface area contributed by atoms with Gasteiger partial charge in [-0.2, -0.15) is 10.1 Å². The van der Waals surface area contributed by atoms with Gasteiger partial charge in [-0.15, -0.1) is 0 Å². The zero-order valence-electron chi connectivity index (χ0n) is 20.2. The smallest absolute Gasteiger partial charge is 0.459 e. The summed E-state index contributed by atoms with van der Waals surface area (Å²) in [5.74, 6) is -4.72. The van der Waals surface area contributed by atoms with Gasteiger partial charge in [0.15, 0.2) is 6.23 Å². The van der Waals surface area contributed by atoms with Gasteiger partial charge in [-0.1, -0.05) is 36.4 Å². The Morgan fingerprint density at radius 1 is 1.32 bits per heavy atom. The molecule has 15 heteroatoms. The van der Waals surface area contributed by atoms with Crippen LogP contribution in [0.15, 0.2) is 59.5 Å². The number of carboxylic acid groups (broad SMARTS) is 1. The van der Waals surface area contributed by atoms with Crippen LogP contribution >= 0.6 is 7.75 Å². The number of aliphatic carboxylic acids is 1. The number of ether oxygens (including phenoxy) is 1. The minimum atomic E-state index is -4.67. The molecule has 1 fully saturated rings. The van der Waals surface area contributed by atoms with E-state index in [1.807, 2.05) is 0 Å². The number of carbonyl (C=O) groups is 1. The molecule has 3 aromatic rings. The van der Waals surface area contributed by atoms with E-state index in [-0.39, 0.29) is 11.6 Å². The van der Waals surface area contributed by atoms with E-state index < -0.39 is 55.8 Å². The van der Waals surface area contributed by atoms with E-state index in [9.17, 15) is 29.5 Å². The number of aliphatic hydroxyl groups is 2. The first-order valence-corrected chi connectivity index (χ1v) is 12.8. The molecule has 38 heavy (non-hydrogen) atoms. The van der Waals surface area contributed by atoms with Gasteiger partial charge in [0, 0.05) is 11.6 Å². The number of anilines is 1. The lowest BCUT2D eigenvalue weighted by molar-refractivity contribution is -0.203. The molecule has 0 saturated carbocycles. The van der Waals surface area contributed by atoms with Crippen molar-refractivity contribution in [3.8, 4) is 5.75 Å². The molecule has 2 heterocycles. The van der Waals surface area contributed by atoms with Crippen LogP contribution in [0.25, 0.3) is 10.8 Å². The van der Waals surface area contributed by atoms with Crippen molar-refractivity contribution in [3.63, 3.8) is 0 Å². The van der Waals surface area contributed by atoms with Crippen LogP contribution in [0, 0.1) is 0 Å². The average molecular weight is 552 g/mol. The highest BCUT2D eigenvalue weighted by molar-refractivity contribution is 7.52. The summed E-state index contributed by atoms with van der Waals surface area (Å²) in [5.41, 5.74) is 2.09. The number of rotatable bonds is 9. The summed E-state index contributed by atoms with van der Waals surface area (Å²) in [6, 6.07) is 11.4. The van der Waals surface area contributed by atoms with Crippen LogP contribution in [0.2, 0.25) is 0 Å². The van der Waals surface area contributed by atoms with Crippen molar-refractivity contribution in [2.45, 2.75) is 43.7 Å². The molecule has 1 saturated heterocycles. The van der Waals surface area contributed by atoms with E-state index in [1.54, 1.807) is 36.4 Å². The lowest BCUT2D eigenvalue weighted by Gasteiger charge is -2.29. The molecule has 0 spiro atoms. The maximum absolute atomic E-state index is 15.9. The fraction of sp³-hybridized carbons (Fsp3) is 0.348. The number of carboxylic acids is 1. The van der Waals surface area contributed by atoms with E-state index in [0.29, 0.717) is 10.8 Å². The van der Waals surface area contributed by atoms with Crippen LogP contribution in [0.4, 0.5) is 10.2 Å². The van der Waals surface area contributed by atoms with Crippen molar-refractivity contribution in [2.75, 3.05) is 12.3 Å². The molecule has 2 aromatic carbocycles. The molecule has 1 aromatic heterocycles. The van der Waals surface area contributed by atoms with Gasteiger partial charge in [0.25, 0.3) is 5.85 Å².